The van der Waals surface area contributed by atoms with Crippen LogP contribution in [0.2, 0.25) is 10.0 Å². The fourth-order valence-corrected chi connectivity index (χ4v) is 7.90. The molecule has 2 amide bonds. The Morgan fingerprint density at radius 2 is 1.44 bits per heavy atom. The van der Waals surface area contributed by atoms with E-state index in [0.29, 0.717) is 21.4 Å². The zero-order valence-corrected chi connectivity index (χ0v) is 29.1. The third-order valence-electron chi connectivity index (χ3n) is 8.58. The molecule has 4 aromatic carbocycles. The molecule has 0 radical (unpaired) electrons. The minimum Gasteiger partial charge on any atom is -0.497 e. The number of anilines is 1. The molecule has 1 aliphatic carbocycles. The Bertz CT molecular complexity index is 1760. The number of nitrogens with zero attached hydrogens (tertiary/aromatic N) is 2. The summed E-state index contributed by atoms with van der Waals surface area (Å²) in [6, 6.07) is 27.8. The van der Waals surface area contributed by atoms with E-state index >= 15 is 0 Å². The number of amides is 2. The summed E-state index contributed by atoms with van der Waals surface area (Å²) < 4.78 is 34.7. The van der Waals surface area contributed by atoms with E-state index in [2.05, 4.69) is 5.32 Å². The third kappa shape index (κ3) is 8.69. The summed E-state index contributed by atoms with van der Waals surface area (Å²) >= 11 is 13.2. The van der Waals surface area contributed by atoms with Crippen molar-refractivity contribution in [1.29, 1.82) is 0 Å². The SMILES string of the molecule is COc1ccc(N(CC(=O)N(Cc2c(Cl)cccc2Cl)C(Cc2ccccc2)C(=O)NC2CCCCC2)S(=O)(=O)c2ccccc2)cc1. The molecule has 0 spiro atoms. The molecule has 5 rings (SSSR count). The lowest BCUT2D eigenvalue weighted by molar-refractivity contribution is -0.140. The third-order valence-corrected chi connectivity index (χ3v) is 11.1. The Morgan fingerprint density at radius 3 is 2.04 bits per heavy atom. The summed E-state index contributed by atoms with van der Waals surface area (Å²) in [6.45, 7) is -0.706. The first kappa shape index (κ1) is 35.3. The van der Waals surface area contributed by atoms with Gasteiger partial charge in [-0.15, -0.1) is 0 Å². The standard InChI is InChI=1S/C37H39Cl2N3O5S/c1-47-30-22-20-29(21-23-30)42(48(45,46)31-16-9-4-10-17-31)26-36(43)41(25-32-33(38)18-11-19-34(32)39)35(24-27-12-5-2-6-13-27)37(44)40-28-14-7-3-8-15-28/h2,4-6,9-13,16-23,28,35H,3,7-8,14-15,24-26H2,1H3,(H,40,44). The zero-order valence-electron chi connectivity index (χ0n) is 26.7. The van der Waals surface area contributed by atoms with Crippen molar-refractivity contribution in [2.45, 2.75) is 62.0 Å². The Labute approximate surface area is 292 Å². The summed E-state index contributed by atoms with van der Waals surface area (Å²) in [4.78, 5) is 30.4. The predicted molar refractivity (Wildman–Crippen MR) is 190 cm³/mol. The molecular weight excluding hydrogens is 669 g/mol. The fourth-order valence-electron chi connectivity index (χ4n) is 5.95. The lowest BCUT2D eigenvalue weighted by Gasteiger charge is -2.35. The van der Waals surface area contributed by atoms with Gasteiger partial charge in [-0.25, -0.2) is 8.42 Å². The predicted octanol–water partition coefficient (Wildman–Crippen LogP) is 7.29. The van der Waals surface area contributed by atoms with Crippen LogP contribution in [0.25, 0.3) is 0 Å². The molecule has 1 aliphatic rings. The topological polar surface area (TPSA) is 96.0 Å². The van der Waals surface area contributed by atoms with Crippen molar-refractivity contribution in [2.75, 3.05) is 18.0 Å². The molecule has 1 fully saturated rings. The zero-order chi connectivity index (χ0) is 34.1. The van der Waals surface area contributed by atoms with E-state index in [1.807, 2.05) is 30.3 Å². The fraction of sp³-hybridized carbons (Fsp3) is 0.297. The maximum atomic E-state index is 14.7. The Hall–Kier alpha value is -4.05. The van der Waals surface area contributed by atoms with Crippen LogP contribution in [0, 0.1) is 0 Å². The van der Waals surface area contributed by atoms with Gasteiger partial charge in [-0.3, -0.25) is 13.9 Å². The average Bonchev–Trinajstić information content (AvgIpc) is 3.11. The molecule has 1 unspecified atom stereocenters. The summed E-state index contributed by atoms with van der Waals surface area (Å²) in [7, 11) is -2.71. The molecule has 0 saturated heterocycles. The second kappa shape index (κ2) is 16.4. The van der Waals surface area contributed by atoms with Crippen molar-refractivity contribution < 1.29 is 22.7 Å². The highest BCUT2D eigenvalue weighted by Crippen LogP contribution is 2.30. The van der Waals surface area contributed by atoms with Gasteiger partial charge in [0.05, 0.1) is 17.7 Å². The van der Waals surface area contributed by atoms with Gasteiger partial charge in [0.25, 0.3) is 10.0 Å². The quantitative estimate of drug-likeness (QED) is 0.158. The Morgan fingerprint density at radius 1 is 0.833 bits per heavy atom. The maximum Gasteiger partial charge on any atom is 0.264 e. The molecule has 4 aromatic rings. The Balaban J connectivity index is 1.58. The summed E-state index contributed by atoms with van der Waals surface area (Å²) in [5, 5.41) is 3.86. The van der Waals surface area contributed by atoms with E-state index in [9.17, 15) is 18.0 Å². The number of halogens is 2. The van der Waals surface area contributed by atoms with E-state index in [1.54, 1.807) is 60.7 Å². The number of ether oxygens (including phenoxy) is 1. The molecular formula is C37H39Cl2N3O5S. The van der Waals surface area contributed by atoms with Crippen molar-refractivity contribution in [1.82, 2.24) is 10.2 Å². The lowest BCUT2D eigenvalue weighted by atomic mass is 9.94. The van der Waals surface area contributed by atoms with Gasteiger partial charge in [-0.05, 0) is 66.9 Å². The van der Waals surface area contributed by atoms with E-state index in [0.717, 1.165) is 42.0 Å². The first-order chi connectivity index (χ1) is 23.2. The van der Waals surface area contributed by atoms with Crippen LogP contribution in [0.1, 0.15) is 43.2 Å². The van der Waals surface area contributed by atoms with Crippen LogP contribution >= 0.6 is 23.2 Å². The number of hydrogen-bond donors (Lipinski definition) is 1. The molecule has 0 aromatic heterocycles. The number of rotatable bonds is 13. The van der Waals surface area contributed by atoms with E-state index in [-0.39, 0.29) is 35.5 Å². The first-order valence-corrected chi connectivity index (χ1v) is 18.2. The molecule has 252 valence electrons. The van der Waals surface area contributed by atoms with E-state index in [1.165, 1.54) is 24.1 Å². The highest BCUT2D eigenvalue weighted by Gasteiger charge is 2.36. The van der Waals surface area contributed by atoms with Crippen molar-refractivity contribution in [2.24, 2.45) is 0 Å². The van der Waals surface area contributed by atoms with Crippen LogP contribution in [-0.4, -0.2) is 50.9 Å². The van der Waals surface area contributed by atoms with Crippen LogP contribution in [0.4, 0.5) is 5.69 Å². The van der Waals surface area contributed by atoms with Crippen molar-refractivity contribution in [3.05, 3.63) is 124 Å². The van der Waals surface area contributed by atoms with Gasteiger partial charge < -0.3 is 15.0 Å². The molecule has 11 heteroatoms. The maximum absolute atomic E-state index is 14.7. The normalized spacial score (nSPS) is 14.1. The molecule has 0 aliphatic heterocycles. The first-order valence-electron chi connectivity index (χ1n) is 16.0. The summed E-state index contributed by atoms with van der Waals surface area (Å²) in [6.07, 6.45) is 5.05. The van der Waals surface area contributed by atoms with Crippen molar-refractivity contribution >= 4 is 50.7 Å². The monoisotopic (exact) mass is 707 g/mol. The van der Waals surface area contributed by atoms with Gasteiger partial charge in [-0.2, -0.15) is 0 Å². The highest BCUT2D eigenvalue weighted by atomic mass is 35.5. The second-order valence-corrected chi connectivity index (χ2v) is 14.5. The lowest BCUT2D eigenvalue weighted by Crippen LogP contribution is -2.55. The minimum atomic E-state index is -4.23. The number of sulfonamides is 1. The van der Waals surface area contributed by atoms with Crippen molar-refractivity contribution in [3.63, 3.8) is 0 Å². The second-order valence-electron chi connectivity index (χ2n) is 11.8. The highest BCUT2D eigenvalue weighted by molar-refractivity contribution is 7.92. The number of hydrogen-bond acceptors (Lipinski definition) is 5. The molecule has 1 saturated carbocycles. The van der Waals surface area contributed by atoms with Crippen LogP contribution in [0.3, 0.4) is 0 Å². The molecule has 0 bridgehead atoms. The molecule has 48 heavy (non-hydrogen) atoms. The summed E-state index contributed by atoms with van der Waals surface area (Å²) in [5.41, 5.74) is 1.56. The van der Waals surface area contributed by atoms with Gasteiger partial charge in [0.1, 0.15) is 18.3 Å². The van der Waals surface area contributed by atoms with Gasteiger partial charge in [0.2, 0.25) is 11.8 Å². The van der Waals surface area contributed by atoms with E-state index in [4.69, 9.17) is 27.9 Å². The smallest absolute Gasteiger partial charge is 0.264 e. The van der Waals surface area contributed by atoms with E-state index < -0.39 is 28.5 Å². The molecule has 1 N–H and O–H groups in total. The van der Waals surface area contributed by atoms with Gasteiger partial charge in [0.15, 0.2) is 0 Å². The van der Waals surface area contributed by atoms with Crippen LogP contribution in [-0.2, 0) is 32.6 Å². The average molecular weight is 709 g/mol. The van der Waals surface area contributed by atoms with Gasteiger partial charge in [0, 0.05) is 34.6 Å². The van der Waals surface area contributed by atoms with Gasteiger partial charge >= 0.3 is 0 Å². The number of benzene rings is 4. The number of nitrogens with one attached hydrogen (secondary N) is 1. The van der Waals surface area contributed by atoms with Crippen LogP contribution < -0.4 is 14.4 Å². The Kier molecular flexibility index (Phi) is 12.0. The number of carbonyl (C=O) groups excluding carboxylic acids is 2. The van der Waals surface area contributed by atoms with Crippen molar-refractivity contribution in [3.8, 4) is 5.75 Å². The number of carbonyl (C=O) groups is 2. The minimum absolute atomic E-state index is 0.0142. The summed E-state index contributed by atoms with van der Waals surface area (Å²) in [5.74, 6) is -0.385. The van der Waals surface area contributed by atoms with Crippen LogP contribution in [0.15, 0.2) is 108 Å². The largest absolute Gasteiger partial charge is 0.497 e. The molecule has 8 nitrogen and oxygen atoms in total. The molecule has 1 atom stereocenters. The number of methoxy groups -OCH3 is 1. The molecule has 0 heterocycles. The van der Waals surface area contributed by atoms with Gasteiger partial charge in [-0.1, -0.05) is 97.1 Å². The van der Waals surface area contributed by atoms with Crippen LogP contribution in [0.5, 0.6) is 5.75 Å².